The third-order valence-electron chi connectivity index (χ3n) is 4.18. The average molecular weight is 289 g/mol. The minimum atomic E-state index is -0.734. The zero-order chi connectivity index (χ0) is 14.9. The van der Waals surface area contributed by atoms with E-state index in [0.29, 0.717) is 24.5 Å². The van der Waals surface area contributed by atoms with Crippen molar-refractivity contribution in [3.8, 4) is 0 Å². The first-order valence-corrected chi connectivity index (χ1v) is 7.30. The van der Waals surface area contributed by atoms with Crippen molar-refractivity contribution in [3.05, 3.63) is 29.8 Å². The molecule has 1 N–H and O–H groups in total. The summed E-state index contributed by atoms with van der Waals surface area (Å²) in [6.45, 7) is 2.60. The molecule has 1 aromatic carbocycles. The number of amides is 1. The van der Waals surface area contributed by atoms with Crippen molar-refractivity contribution >= 4 is 17.4 Å². The summed E-state index contributed by atoms with van der Waals surface area (Å²) in [7, 11) is 0. The van der Waals surface area contributed by atoms with E-state index in [1.54, 1.807) is 24.3 Å². The molecule has 1 spiro atoms. The lowest BCUT2D eigenvalue weighted by Gasteiger charge is -2.28. The molecule has 3 rings (SSSR count). The molecule has 1 saturated carbocycles. The molecule has 0 bridgehead atoms. The second kappa shape index (κ2) is 5.58. The molecule has 1 aliphatic carbocycles. The van der Waals surface area contributed by atoms with Gasteiger partial charge in [-0.2, -0.15) is 0 Å². The van der Waals surface area contributed by atoms with Crippen LogP contribution in [0.3, 0.4) is 0 Å². The summed E-state index contributed by atoms with van der Waals surface area (Å²) in [5.41, 5.74) is 1.22. The summed E-state index contributed by atoms with van der Waals surface area (Å²) in [6.07, 6.45) is 2.45. The number of hydrogen-bond acceptors (Lipinski definition) is 4. The lowest BCUT2D eigenvalue weighted by atomic mass is 10.0. The third-order valence-corrected chi connectivity index (χ3v) is 4.18. The molecule has 2 aliphatic rings. The van der Waals surface area contributed by atoms with Crippen LogP contribution < -0.4 is 5.32 Å². The van der Waals surface area contributed by atoms with Crippen LogP contribution in [0.1, 0.15) is 36.5 Å². The van der Waals surface area contributed by atoms with E-state index in [2.05, 4.69) is 5.32 Å². The van der Waals surface area contributed by atoms with Crippen molar-refractivity contribution in [2.45, 2.75) is 32.0 Å². The Bertz CT molecular complexity index is 558. The predicted molar refractivity (Wildman–Crippen MR) is 77.1 cm³/mol. The van der Waals surface area contributed by atoms with Crippen LogP contribution in [0.5, 0.6) is 0 Å². The highest BCUT2D eigenvalue weighted by Crippen LogP contribution is 2.42. The lowest BCUT2D eigenvalue weighted by Crippen LogP contribution is -2.41. The molecule has 1 aliphatic heterocycles. The maximum Gasteiger partial charge on any atom is 0.232 e. The molecule has 2 fully saturated rings. The fourth-order valence-corrected chi connectivity index (χ4v) is 3.14. The molecule has 112 valence electrons. The number of nitrogens with one attached hydrogen (secondary N) is 1. The van der Waals surface area contributed by atoms with Crippen molar-refractivity contribution in [2.24, 2.45) is 5.92 Å². The molecule has 1 heterocycles. The molecule has 0 radical (unpaired) electrons. The number of Topliss-reactive ketones (excluding diaryl/α,β-unsaturated/α-hetero) is 1. The van der Waals surface area contributed by atoms with Gasteiger partial charge in [0, 0.05) is 17.7 Å². The average Bonchev–Trinajstić information content (AvgIpc) is 3.10. The van der Waals surface area contributed by atoms with Crippen molar-refractivity contribution in [3.63, 3.8) is 0 Å². The number of benzene rings is 1. The summed E-state index contributed by atoms with van der Waals surface area (Å²) in [5, 5.41) is 2.88. The van der Waals surface area contributed by atoms with E-state index in [4.69, 9.17) is 9.47 Å². The minimum absolute atomic E-state index is 0.0223. The van der Waals surface area contributed by atoms with Gasteiger partial charge in [-0.25, -0.2) is 0 Å². The Morgan fingerprint density at radius 1 is 1.29 bits per heavy atom. The first-order valence-electron chi connectivity index (χ1n) is 7.30. The zero-order valence-corrected chi connectivity index (χ0v) is 12.1. The van der Waals surface area contributed by atoms with Gasteiger partial charge < -0.3 is 14.8 Å². The van der Waals surface area contributed by atoms with Gasteiger partial charge in [-0.05, 0) is 31.9 Å². The first kappa shape index (κ1) is 14.2. The summed E-state index contributed by atoms with van der Waals surface area (Å²) in [6, 6.07) is 6.97. The highest BCUT2D eigenvalue weighted by atomic mass is 16.7. The molecule has 1 saturated heterocycles. The number of carbonyl (C=O) groups is 2. The Morgan fingerprint density at radius 3 is 2.76 bits per heavy atom. The second-order valence-corrected chi connectivity index (χ2v) is 5.58. The standard InChI is InChI=1S/C16H19NO4/c1-11(18)12-4-2-5-13(10-12)17-15(19)14-6-3-7-16(14)20-8-9-21-16/h2,4-5,10,14H,3,6-9H2,1H3,(H,17,19)/t14-/m0/s1. The van der Waals surface area contributed by atoms with Crippen LogP contribution in [0.4, 0.5) is 5.69 Å². The lowest BCUT2D eigenvalue weighted by molar-refractivity contribution is -0.184. The zero-order valence-electron chi connectivity index (χ0n) is 12.1. The fourth-order valence-electron chi connectivity index (χ4n) is 3.14. The van der Waals surface area contributed by atoms with Gasteiger partial charge in [0.25, 0.3) is 0 Å². The second-order valence-electron chi connectivity index (χ2n) is 5.58. The first-order chi connectivity index (χ1) is 10.1. The maximum atomic E-state index is 12.5. The van der Waals surface area contributed by atoms with Crippen molar-refractivity contribution in [1.82, 2.24) is 0 Å². The topological polar surface area (TPSA) is 64.6 Å². The molecule has 1 aromatic rings. The van der Waals surface area contributed by atoms with Crippen molar-refractivity contribution in [1.29, 1.82) is 0 Å². The van der Waals surface area contributed by atoms with Gasteiger partial charge in [0.1, 0.15) is 0 Å². The summed E-state index contributed by atoms with van der Waals surface area (Å²) in [4.78, 5) is 23.9. The van der Waals surface area contributed by atoms with Gasteiger partial charge in [-0.1, -0.05) is 12.1 Å². The largest absolute Gasteiger partial charge is 0.347 e. The van der Waals surface area contributed by atoms with E-state index in [1.165, 1.54) is 6.92 Å². The Hall–Kier alpha value is -1.72. The van der Waals surface area contributed by atoms with E-state index in [0.717, 1.165) is 19.3 Å². The molecular formula is C16H19NO4. The summed E-state index contributed by atoms with van der Waals surface area (Å²) in [5.74, 6) is -1.15. The van der Waals surface area contributed by atoms with Crippen molar-refractivity contribution in [2.75, 3.05) is 18.5 Å². The van der Waals surface area contributed by atoms with E-state index >= 15 is 0 Å². The van der Waals surface area contributed by atoms with Crippen molar-refractivity contribution < 1.29 is 19.1 Å². The van der Waals surface area contributed by atoms with E-state index in [9.17, 15) is 9.59 Å². The van der Waals surface area contributed by atoms with Gasteiger partial charge in [0.15, 0.2) is 11.6 Å². The van der Waals surface area contributed by atoms with Crippen LogP contribution in [0.15, 0.2) is 24.3 Å². The van der Waals surface area contributed by atoms with E-state index in [-0.39, 0.29) is 17.6 Å². The highest BCUT2D eigenvalue weighted by molar-refractivity contribution is 5.97. The van der Waals surface area contributed by atoms with Crippen LogP contribution in [-0.2, 0) is 14.3 Å². The van der Waals surface area contributed by atoms with Gasteiger partial charge in [0.05, 0.1) is 19.1 Å². The van der Waals surface area contributed by atoms with Gasteiger partial charge in [-0.15, -0.1) is 0 Å². The number of hydrogen-bond donors (Lipinski definition) is 1. The molecule has 1 atom stereocenters. The normalized spacial score (nSPS) is 23.4. The Balaban J connectivity index is 1.74. The fraction of sp³-hybridized carbons (Fsp3) is 0.500. The van der Waals surface area contributed by atoms with E-state index in [1.807, 2.05) is 0 Å². The van der Waals surface area contributed by atoms with Crippen LogP contribution >= 0.6 is 0 Å². The van der Waals surface area contributed by atoms with Crippen LogP contribution in [0.25, 0.3) is 0 Å². The molecule has 21 heavy (non-hydrogen) atoms. The molecule has 0 aromatic heterocycles. The Labute approximate surface area is 123 Å². The number of anilines is 1. The molecular weight excluding hydrogens is 270 g/mol. The van der Waals surface area contributed by atoms with Gasteiger partial charge >= 0.3 is 0 Å². The SMILES string of the molecule is CC(=O)c1cccc(NC(=O)[C@@H]2CCCC23OCCO3)c1. The highest BCUT2D eigenvalue weighted by Gasteiger charge is 2.51. The Morgan fingerprint density at radius 2 is 2.05 bits per heavy atom. The van der Waals surface area contributed by atoms with E-state index < -0.39 is 5.79 Å². The van der Waals surface area contributed by atoms with Crippen LogP contribution in [0.2, 0.25) is 0 Å². The monoisotopic (exact) mass is 289 g/mol. The summed E-state index contributed by atoms with van der Waals surface area (Å²) < 4.78 is 11.4. The summed E-state index contributed by atoms with van der Waals surface area (Å²) >= 11 is 0. The number of carbonyl (C=O) groups excluding carboxylic acids is 2. The van der Waals surface area contributed by atoms with Crippen LogP contribution in [0, 0.1) is 5.92 Å². The van der Waals surface area contributed by atoms with Crippen LogP contribution in [-0.4, -0.2) is 30.7 Å². The molecule has 1 amide bonds. The smallest absolute Gasteiger partial charge is 0.232 e. The number of ketones is 1. The molecule has 5 nitrogen and oxygen atoms in total. The predicted octanol–water partition coefficient (Wildman–Crippen LogP) is 2.37. The third kappa shape index (κ3) is 2.71. The minimum Gasteiger partial charge on any atom is -0.347 e. The molecule has 5 heteroatoms. The van der Waals surface area contributed by atoms with Gasteiger partial charge in [0.2, 0.25) is 5.91 Å². The van der Waals surface area contributed by atoms with Gasteiger partial charge in [-0.3, -0.25) is 9.59 Å². The maximum absolute atomic E-state index is 12.5. The number of ether oxygens (including phenoxy) is 2. The number of rotatable bonds is 3. The quantitative estimate of drug-likeness (QED) is 0.868. The molecule has 0 unspecified atom stereocenters. The Kier molecular flexibility index (Phi) is 3.78.